The second kappa shape index (κ2) is 5.43. The number of nitrogens with zero attached hydrogens (tertiary/aromatic N) is 1. The lowest BCUT2D eigenvalue weighted by molar-refractivity contribution is 0.0692. The zero-order valence-corrected chi connectivity index (χ0v) is 11.4. The molecule has 2 aromatic rings. The average Bonchev–Trinajstić information content (AvgIpc) is 2.88. The van der Waals surface area contributed by atoms with Gasteiger partial charge in [-0.25, -0.2) is 17.9 Å². The van der Waals surface area contributed by atoms with Gasteiger partial charge in [-0.3, -0.25) is 5.10 Å². The Bertz CT molecular complexity index is 719. The van der Waals surface area contributed by atoms with E-state index in [1.165, 1.54) is 0 Å². The van der Waals surface area contributed by atoms with E-state index < -0.39 is 21.0 Å². The molecule has 106 valence electrons. The van der Waals surface area contributed by atoms with Crippen molar-refractivity contribution in [1.82, 2.24) is 14.9 Å². The molecular weight excluding hydrogens is 282 g/mol. The van der Waals surface area contributed by atoms with Crippen LogP contribution in [0.4, 0.5) is 0 Å². The fourth-order valence-corrected chi connectivity index (χ4v) is 2.69. The van der Waals surface area contributed by atoms with Crippen molar-refractivity contribution in [2.75, 3.05) is 0 Å². The number of nitrogens with one attached hydrogen (secondary N) is 2. The third-order valence-electron chi connectivity index (χ3n) is 2.69. The molecule has 0 aliphatic rings. The van der Waals surface area contributed by atoms with Crippen LogP contribution in [0.2, 0.25) is 0 Å². The summed E-state index contributed by atoms with van der Waals surface area (Å²) < 4.78 is 26.4. The normalized spacial score (nSPS) is 11.4. The van der Waals surface area contributed by atoms with Gasteiger partial charge in [-0.15, -0.1) is 0 Å². The summed E-state index contributed by atoms with van der Waals surface area (Å²) in [5.74, 6) is -1.35. The summed E-state index contributed by atoms with van der Waals surface area (Å²) in [6, 6.07) is 7.32. The summed E-state index contributed by atoms with van der Waals surface area (Å²) in [5.41, 5.74) is 1.45. The van der Waals surface area contributed by atoms with Gasteiger partial charge in [0, 0.05) is 6.54 Å². The van der Waals surface area contributed by atoms with Gasteiger partial charge < -0.3 is 5.11 Å². The van der Waals surface area contributed by atoms with Crippen LogP contribution in [0, 0.1) is 6.92 Å². The minimum atomic E-state index is -3.95. The number of aryl methyl sites for hydroxylation is 1. The number of carbonyl (C=O) groups is 1. The molecule has 3 N–H and O–H groups in total. The third kappa shape index (κ3) is 3.03. The predicted molar refractivity (Wildman–Crippen MR) is 70.8 cm³/mol. The monoisotopic (exact) mass is 295 g/mol. The van der Waals surface area contributed by atoms with E-state index in [2.05, 4.69) is 14.9 Å². The lowest BCUT2D eigenvalue weighted by Crippen LogP contribution is -2.25. The van der Waals surface area contributed by atoms with E-state index in [0.29, 0.717) is 0 Å². The second-order valence-corrected chi connectivity index (χ2v) is 5.93. The molecule has 0 radical (unpaired) electrons. The van der Waals surface area contributed by atoms with Crippen LogP contribution >= 0.6 is 0 Å². The van der Waals surface area contributed by atoms with Gasteiger partial charge in [0.05, 0.1) is 6.20 Å². The molecule has 7 nitrogen and oxygen atoms in total. The maximum absolute atomic E-state index is 12.0. The maximum atomic E-state index is 12.0. The highest BCUT2D eigenvalue weighted by Gasteiger charge is 2.24. The Labute approximate surface area is 115 Å². The van der Waals surface area contributed by atoms with Gasteiger partial charge in [0.2, 0.25) is 0 Å². The van der Waals surface area contributed by atoms with E-state index in [1.807, 2.05) is 19.1 Å². The van der Waals surface area contributed by atoms with E-state index in [1.54, 1.807) is 12.1 Å². The van der Waals surface area contributed by atoms with Crippen LogP contribution in [0.25, 0.3) is 0 Å². The Morgan fingerprint density at radius 1 is 1.35 bits per heavy atom. The molecule has 0 saturated heterocycles. The van der Waals surface area contributed by atoms with Gasteiger partial charge >= 0.3 is 5.97 Å². The van der Waals surface area contributed by atoms with Crippen molar-refractivity contribution in [1.29, 1.82) is 0 Å². The van der Waals surface area contributed by atoms with Crippen LogP contribution in [-0.2, 0) is 16.6 Å². The Kier molecular flexibility index (Phi) is 3.86. The molecule has 0 atom stereocenters. The number of aromatic amines is 1. The standard InChI is InChI=1S/C12H13N3O4S/c1-8-2-4-9(5-3-8)6-14-20(18,19)11-10(12(16)17)7-13-15-11/h2-5,7,14H,6H2,1H3,(H,13,15)(H,16,17). The topological polar surface area (TPSA) is 112 Å². The highest BCUT2D eigenvalue weighted by molar-refractivity contribution is 7.89. The zero-order chi connectivity index (χ0) is 14.8. The molecule has 0 unspecified atom stereocenters. The quantitative estimate of drug-likeness (QED) is 0.758. The fraction of sp³-hybridized carbons (Fsp3) is 0.167. The molecule has 1 heterocycles. The molecule has 0 amide bonds. The van der Waals surface area contributed by atoms with Gasteiger partial charge in [0.25, 0.3) is 10.0 Å². The van der Waals surface area contributed by atoms with Gasteiger partial charge in [0.15, 0.2) is 5.03 Å². The van der Waals surface area contributed by atoms with E-state index in [4.69, 9.17) is 5.11 Å². The van der Waals surface area contributed by atoms with E-state index in [9.17, 15) is 13.2 Å². The van der Waals surface area contributed by atoms with Crippen molar-refractivity contribution < 1.29 is 18.3 Å². The van der Waals surface area contributed by atoms with Crippen molar-refractivity contribution in [2.24, 2.45) is 0 Å². The zero-order valence-electron chi connectivity index (χ0n) is 10.6. The first-order chi connectivity index (χ1) is 9.40. The first kappa shape index (κ1) is 14.2. The summed E-state index contributed by atoms with van der Waals surface area (Å²) >= 11 is 0. The minimum Gasteiger partial charge on any atom is -0.478 e. The molecule has 0 fully saturated rings. The first-order valence-corrected chi connectivity index (χ1v) is 7.20. The fourth-order valence-electron chi connectivity index (χ4n) is 1.59. The van der Waals surface area contributed by atoms with Crippen LogP contribution in [0.5, 0.6) is 0 Å². The summed E-state index contributed by atoms with van der Waals surface area (Å²) in [6.45, 7) is 2.00. The third-order valence-corrected chi connectivity index (χ3v) is 4.06. The summed E-state index contributed by atoms with van der Waals surface area (Å²) in [4.78, 5) is 10.9. The number of carboxylic acids is 1. The highest BCUT2D eigenvalue weighted by Crippen LogP contribution is 2.12. The second-order valence-electron chi connectivity index (χ2n) is 4.23. The number of rotatable bonds is 5. The van der Waals surface area contributed by atoms with Crippen LogP contribution in [0.15, 0.2) is 35.5 Å². The summed E-state index contributed by atoms with van der Waals surface area (Å²) in [7, 11) is -3.95. The Morgan fingerprint density at radius 3 is 2.60 bits per heavy atom. The van der Waals surface area contributed by atoms with Gasteiger partial charge in [-0.2, -0.15) is 5.10 Å². The van der Waals surface area contributed by atoms with E-state index in [-0.39, 0.29) is 12.1 Å². The van der Waals surface area contributed by atoms with Gasteiger partial charge in [0.1, 0.15) is 5.56 Å². The number of hydrogen-bond acceptors (Lipinski definition) is 4. The molecule has 1 aromatic heterocycles. The molecule has 1 aromatic carbocycles. The Balaban J connectivity index is 2.17. The molecular formula is C12H13N3O4S. The van der Waals surface area contributed by atoms with Crippen molar-refractivity contribution >= 4 is 16.0 Å². The molecule has 0 saturated carbocycles. The molecule has 0 spiro atoms. The van der Waals surface area contributed by atoms with Crippen molar-refractivity contribution in [2.45, 2.75) is 18.5 Å². The molecule has 20 heavy (non-hydrogen) atoms. The smallest absolute Gasteiger partial charge is 0.340 e. The molecule has 2 rings (SSSR count). The molecule has 8 heteroatoms. The highest BCUT2D eigenvalue weighted by atomic mass is 32.2. The van der Waals surface area contributed by atoms with Crippen molar-refractivity contribution in [3.05, 3.63) is 47.2 Å². The Hall–Kier alpha value is -2.19. The number of aromatic carboxylic acids is 1. The summed E-state index contributed by atoms with van der Waals surface area (Å²) in [6.07, 6.45) is 0.961. The minimum absolute atomic E-state index is 0.0701. The van der Waals surface area contributed by atoms with E-state index >= 15 is 0 Å². The lowest BCUT2D eigenvalue weighted by atomic mass is 10.2. The van der Waals surface area contributed by atoms with Crippen LogP contribution in [0.1, 0.15) is 21.5 Å². The van der Waals surface area contributed by atoms with Crippen LogP contribution in [0.3, 0.4) is 0 Å². The number of H-pyrrole nitrogens is 1. The van der Waals surface area contributed by atoms with Crippen LogP contribution in [-0.4, -0.2) is 29.7 Å². The SMILES string of the molecule is Cc1ccc(CNS(=O)(=O)c2[nH]ncc2C(=O)O)cc1. The average molecular weight is 295 g/mol. The molecule has 0 bridgehead atoms. The van der Waals surface area contributed by atoms with Gasteiger partial charge in [-0.05, 0) is 12.5 Å². The number of sulfonamides is 1. The predicted octanol–water partition coefficient (Wildman–Crippen LogP) is 0.895. The van der Waals surface area contributed by atoms with Crippen LogP contribution < -0.4 is 4.72 Å². The largest absolute Gasteiger partial charge is 0.478 e. The first-order valence-electron chi connectivity index (χ1n) is 5.72. The number of aromatic nitrogens is 2. The number of hydrogen-bond donors (Lipinski definition) is 3. The lowest BCUT2D eigenvalue weighted by Gasteiger charge is -2.06. The Morgan fingerprint density at radius 2 is 2.00 bits per heavy atom. The summed E-state index contributed by atoms with van der Waals surface area (Å²) in [5, 5.41) is 14.1. The number of carboxylic acid groups (broad SMARTS) is 1. The van der Waals surface area contributed by atoms with Crippen molar-refractivity contribution in [3.63, 3.8) is 0 Å². The number of benzene rings is 1. The van der Waals surface area contributed by atoms with Crippen molar-refractivity contribution in [3.8, 4) is 0 Å². The molecule has 0 aliphatic carbocycles. The van der Waals surface area contributed by atoms with Gasteiger partial charge in [-0.1, -0.05) is 29.8 Å². The maximum Gasteiger partial charge on any atom is 0.340 e. The molecule has 0 aliphatic heterocycles. The van der Waals surface area contributed by atoms with E-state index in [0.717, 1.165) is 17.3 Å².